The molecule has 0 bridgehead atoms. The summed E-state index contributed by atoms with van der Waals surface area (Å²) in [6, 6.07) is 7.94. The topological polar surface area (TPSA) is 98.0 Å². The zero-order valence-electron chi connectivity index (χ0n) is 17.4. The fourth-order valence-electron chi connectivity index (χ4n) is 4.31. The molecule has 5 atom stereocenters. The van der Waals surface area contributed by atoms with Crippen LogP contribution in [-0.2, 0) is 17.6 Å². The number of unbranched alkanes of at least 4 members (excludes halogenated alkanes) is 2. The number of carboxylic acids is 1. The highest BCUT2D eigenvalue weighted by Gasteiger charge is 2.40. The highest BCUT2D eigenvalue weighted by Crippen LogP contribution is 2.37. The lowest BCUT2D eigenvalue weighted by Crippen LogP contribution is -2.23. The van der Waals surface area contributed by atoms with E-state index in [0.29, 0.717) is 32.1 Å². The van der Waals surface area contributed by atoms with Gasteiger partial charge in [-0.3, -0.25) is 4.79 Å². The summed E-state index contributed by atoms with van der Waals surface area (Å²) in [5.41, 5.74) is 2.20. The summed E-state index contributed by atoms with van der Waals surface area (Å²) in [6.45, 7) is 2.13. The monoisotopic (exact) mass is 404 g/mol. The molecule has 0 radical (unpaired) electrons. The minimum Gasteiger partial charge on any atom is -0.481 e. The summed E-state index contributed by atoms with van der Waals surface area (Å²) in [5, 5.41) is 40.0. The Labute approximate surface area is 174 Å². The Bertz CT molecular complexity index is 656. The van der Waals surface area contributed by atoms with Crippen molar-refractivity contribution in [3.8, 4) is 0 Å². The molecular formula is C24H36O5. The molecule has 0 saturated heterocycles. The number of hydrogen-bond donors (Lipinski definition) is 4. The van der Waals surface area contributed by atoms with Crippen LogP contribution in [0.4, 0.5) is 0 Å². The molecule has 1 aliphatic rings. The van der Waals surface area contributed by atoms with Crippen LogP contribution in [-0.4, -0.2) is 44.7 Å². The molecule has 5 nitrogen and oxygen atoms in total. The van der Waals surface area contributed by atoms with Crippen molar-refractivity contribution >= 4 is 5.97 Å². The highest BCUT2D eigenvalue weighted by atomic mass is 16.4. The van der Waals surface area contributed by atoms with Gasteiger partial charge in [0.25, 0.3) is 0 Å². The van der Waals surface area contributed by atoms with Gasteiger partial charge in [-0.2, -0.15) is 0 Å². The molecule has 0 spiro atoms. The molecule has 0 unspecified atom stereocenters. The second-order valence-corrected chi connectivity index (χ2v) is 8.28. The Morgan fingerprint density at radius 3 is 2.55 bits per heavy atom. The molecule has 1 fully saturated rings. The zero-order chi connectivity index (χ0) is 21.2. The van der Waals surface area contributed by atoms with Crippen molar-refractivity contribution in [3.63, 3.8) is 0 Å². The summed E-state index contributed by atoms with van der Waals surface area (Å²) in [4.78, 5) is 10.8. The summed E-state index contributed by atoms with van der Waals surface area (Å²) in [5.74, 6) is -1.11. The summed E-state index contributed by atoms with van der Waals surface area (Å²) in [7, 11) is 0. The third-order valence-corrected chi connectivity index (χ3v) is 5.99. The first-order chi connectivity index (χ1) is 13.9. The lowest BCUT2D eigenvalue weighted by atomic mass is 9.85. The number of aliphatic hydroxyl groups excluding tert-OH is 3. The summed E-state index contributed by atoms with van der Waals surface area (Å²) < 4.78 is 0. The van der Waals surface area contributed by atoms with Crippen molar-refractivity contribution in [2.24, 2.45) is 11.8 Å². The number of carboxylic acid groups (broad SMARTS) is 1. The first-order valence-corrected chi connectivity index (χ1v) is 10.9. The Kier molecular flexibility index (Phi) is 9.85. The average molecular weight is 405 g/mol. The van der Waals surface area contributed by atoms with Gasteiger partial charge in [-0.25, -0.2) is 0 Å². The third kappa shape index (κ3) is 7.57. The van der Waals surface area contributed by atoms with Gasteiger partial charge in [-0.1, -0.05) is 62.6 Å². The lowest BCUT2D eigenvalue weighted by Gasteiger charge is -2.22. The maximum atomic E-state index is 10.8. The van der Waals surface area contributed by atoms with Gasteiger partial charge in [0.05, 0.1) is 18.3 Å². The van der Waals surface area contributed by atoms with Crippen molar-refractivity contribution in [1.82, 2.24) is 0 Å². The Morgan fingerprint density at radius 2 is 1.86 bits per heavy atom. The lowest BCUT2D eigenvalue weighted by molar-refractivity contribution is -0.137. The van der Waals surface area contributed by atoms with Crippen molar-refractivity contribution in [2.45, 2.75) is 83.0 Å². The van der Waals surface area contributed by atoms with E-state index in [1.807, 2.05) is 30.3 Å². The number of aliphatic hydroxyl groups is 3. The highest BCUT2D eigenvalue weighted by molar-refractivity contribution is 5.66. The van der Waals surface area contributed by atoms with Crippen LogP contribution in [0.1, 0.15) is 63.0 Å². The van der Waals surface area contributed by atoms with Crippen LogP contribution in [0.15, 0.2) is 36.4 Å². The molecule has 5 heteroatoms. The van der Waals surface area contributed by atoms with Gasteiger partial charge in [0.1, 0.15) is 0 Å². The largest absolute Gasteiger partial charge is 0.481 e. The van der Waals surface area contributed by atoms with Gasteiger partial charge in [-0.15, -0.1) is 0 Å². The maximum absolute atomic E-state index is 10.8. The van der Waals surface area contributed by atoms with Gasteiger partial charge in [0.2, 0.25) is 0 Å². The standard InChI is InChI=1S/C24H36O5/c1-2-3-4-11-19(25)13-14-20-21(23(27)16-22(20)26)15-18-9-6-5-8-17(18)10-7-12-24(28)29/h5-6,8-9,13-14,19-23,25-27H,2-4,7,10-12,15-16H2,1H3,(H,28,29)/b14-13+/t19-,20+,21+,22+,23-/m0/s1. The predicted molar refractivity (Wildman–Crippen MR) is 114 cm³/mol. The number of rotatable bonds is 12. The first-order valence-electron chi connectivity index (χ1n) is 10.9. The fourth-order valence-corrected chi connectivity index (χ4v) is 4.31. The van der Waals surface area contributed by atoms with Gasteiger partial charge in [-0.05, 0) is 42.7 Å². The molecule has 0 aromatic heterocycles. The van der Waals surface area contributed by atoms with Crippen molar-refractivity contribution in [3.05, 3.63) is 47.5 Å². The molecule has 0 heterocycles. The van der Waals surface area contributed by atoms with Crippen LogP contribution >= 0.6 is 0 Å². The molecule has 1 aromatic carbocycles. The molecule has 0 aliphatic heterocycles. The van der Waals surface area contributed by atoms with Crippen molar-refractivity contribution in [2.75, 3.05) is 0 Å². The van der Waals surface area contributed by atoms with Crippen LogP contribution in [0, 0.1) is 11.8 Å². The third-order valence-electron chi connectivity index (χ3n) is 5.99. The Hall–Kier alpha value is -1.69. The first kappa shape index (κ1) is 23.6. The molecule has 4 N–H and O–H groups in total. The second kappa shape index (κ2) is 12.1. The number of hydrogen-bond acceptors (Lipinski definition) is 4. The molecule has 1 saturated carbocycles. The van der Waals surface area contributed by atoms with E-state index >= 15 is 0 Å². The van der Waals surface area contributed by atoms with Crippen LogP contribution in [0.2, 0.25) is 0 Å². The fraction of sp³-hybridized carbons (Fsp3) is 0.625. The summed E-state index contributed by atoms with van der Waals surface area (Å²) in [6.07, 6.45) is 8.19. The zero-order valence-corrected chi connectivity index (χ0v) is 17.4. The van der Waals surface area contributed by atoms with Crippen LogP contribution in [0.3, 0.4) is 0 Å². The quantitative estimate of drug-likeness (QED) is 0.316. The average Bonchev–Trinajstić information content (AvgIpc) is 2.94. The van der Waals surface area contributed by atoms with E-state index in [1.165, 1.54) is 0 Å². The minimum atomic E-state index is -0.792. The van der Waals surface area contributed by atoms with Gasteiger partial charge < -0.3 is 20.4 Å². The van der Waals surface area contributed by atoms with E-state index in [1.54, 1.807) is 6.08 Å². The van der Waals surface area contributed by atoms with Gasteiger partial charge >= 0.3 is 5.97 Å². The molecule has 29 heavy (non-hydrogen) atoms. The van der Waals surface area contributed by atoms with E-state index < -0.39 is 24.3 Å². The van der Waals surface area contributed by atoms with Crippen molar-refractivity contribution in [1.29, 1.82) is 0 Å². The maximum Gasteiger partial charge on any atom is 0.303 e. The van der Waals surface area contributed by atoms with Crippen molar-refractivity contribution < 1.29 is 25.2 Å². The van der Waals surface area contributed by atoms with E-state index in [9.17, 15) is 20.1 Å². The van der Waals surface area contributed by atoms with Crippen LogP contribution < -0.4 is 0 Å². The minimum absolute atomic E-state index is 0.121. The van der Waals surface area contributed by atoms with E-state index in [0.717, 1.165) is 30.4 Å². The number of carbonyl (C=O) groups is 1. The van der Waals surface area contributed by atoms with Crippen LogP contribution in [0.25, 0.3) is 0 Å². The Balaban J connectivity index is 2.04. The van der Waals surface area contributed by atoms with E-state index in [2.05, 4.69) is 6.92 Å². The number of aliphatic carboxylic acids is 1. The second-order valence-electron chi connectivity index (χ2n) is 8.28. The predicted octanol–water partition coefficient (Wildman–Crippen LogP) is 3.49. The summed E-state index contributed by atoms with van der Waals surface area (Å²) >= 11 is 0. The Morgan fingerprint density at radius 1 is 1.14 bits per heavy atom. The van der Waals surface area contributed by atoms with Gasteiger partial charge in [0.15, 0.2) is 0 Å². The molecule has 0 amide bonds. The molecule has 1 aliphatic carbocycles. The molecule has 2 rings (SSSR count). The van der Waals surface area contributed by atoms with Gasteiger partial charge in [0, 0.05) is 18.8 Å². The molecule has 1 aromatic rings. The van der Waals surface area contributed by atoms with E-state index in [-0.39, 0.29) is 18.3 Å². The molecular weight excluding hydrogens is 368 g/mol. The van der Waals surface area contributed by atoms with E-state index in [4.69, 9.17) is 5.11 Å². The SMILES string of the molecule is CCCCC[C@H](O)/C=C/[C@@H]1[C@@H](Cc2ccccc2CCCC(=O)O)[C@@H](O)C[C@H]1O. The normalized spacial score (nSPS) is 25.5. The number of aryl methyl sites for hydroxylation is 1. The number of benzene rings is 1. The molecule has 162 valence electrons. The smallest absolute Gasteiger partial charge is 0.303 e. The van der Waals surface area contributed by atoms with Crippen LogP contribution in [0.5, 0.6) is 0 Å².